The van der Waals surface area contributed by atoms with Crippen molar-refractivity contribution in [2.24, 2.45) is 5.92 Å². The summed E-state index contributed by atoms with van der Waals surface area (Å²) in [5.74, 6) is 1.04. The van der Waals surface area contributed by atoms with Crippen LogP contribution in [0.3, 0.4) is 0 Å². The van der Waals surface area contributed by atoms with Gasteiger partial charge in [-0.15, -0.1) is 0 Å². The molecule has 0 radical (unpaired) electrons. The third-order valence-electron chi connectivity index (χ3n) is 6.86. The van der Waals surface area contributed by atoms with Crippen LogP contribution in [-0.2, 0) is 4.79 Å². The largest absolute Gasteiger partial charge is 0.355 e. The SMILES string of the molecule is CNC(=O)c1cc(C2CC2)nc2onc(C3CCN(C(=O)C4CCCC4)CC3)c12. The first-order valence-corrected chi connectivity index (χ1v) is 11.0. The molecule has 2 aromatic rings. The molecule has 1 aliphatic heterocycles. The number of carbonyl (C=O) groups is 2. The Morgan fingerprint density at radius 2 is 1.79 bits per heavy atom. The Balaban J connectivity index is 1.39. The molecule has 2 amide bonds. The molecule has 0 spiro atoms. The van der Waals surface area contributed by atoms with Crippen LogP contribution in [0.2, 0.25) is 0 Å². The summed E-state index contributed by atoms with van der Waals surface area (Å²) in [4.78, 5) is 32.0. The highest BCUT2D eigenvalue weighted by molar-refractivity contribution is 6.06. The second-order valence-corrected chi connectivity index (χ2v) is 8.78. The van der Waals surface area contributed by atoms with E-state index in [1.165, 1.54) is 12.8 Å². The quantitative estimate of drug-likeness (QED) is 0.856. The number of hydrogen-bond acceptors (Lipinski definition) is 5. The molecule has 2 aliphatic carbocycles. The van der Waals surface area contributed by atoms with Crippen LogP contribution in [0.4, 0.5) is 0 Å². The Morgan fingerprint density at radius 1 is 1.07 bits per heavy atom. The second-order valence-electron chi connectivity index (χ2n) is 8.78. The average Bonchev–Trinajstić information content (AvgIpc) is 3.29. The number of aromatic nitrogens is 2. The fourth-order valence-electron chi connectivity index (χ4n) is 4.98. The number of hydrogen-bond donors (Lipinski definition) is 1. The molecule has 29 heavy (non-hydrogen) atoms. The summed E-state index contributed by atoms with van der Waals surface area (Å²) >= 11 is 0. The number of amides is 2. The van der Waals surface area contributed by atoms with E-state index in [1.807, 2.05) is 11.0 Å². The maximum atomic E-state index is 12.7. The van der Waals surface area contributed by atoms with Crippen molar-refractivity contribution in [2.75, 3.05) is 20.1 Å². The molecule has 0 aromatic carbocycles. The minimum Gasteiger partial charge on any atom is -0.355 e. The number of carbonyl (C=O) groups excluding carboxylic acids is 2. The van der Waals surface area contributed by atoms with Crippen LogP contribution in [0.15, 0.2) is 10.6 Å². The van der Waals surface area contributed by atoms with Crippen LogP contribution in [0.1, 0.15) is 84.9 Å². The lowest BCUT2D eigenvalue weighted by atomic mass is 9.90. The van der Waals surface area contributed by atoms with Gasteiger partial charge in [-0.25, -0.2) is 4.98 Å². The van der Waals surface area contributed by atoms with Gasteiger partial charge in [0.25, 0.3) is 11.6 Å². The highest BCUT2D eigenvalue weighted by atomic mass is 16.5. The molecule has 3 heterocycles. The van der Waals surface area contributed by atoms with E-state index in [0.29, 0.717) is 23.1 Å². The normalized spacial score (nSPS) is 21.1. The van der Waals surface area contributed by atoms with E-state index in [2.05, 4.69) is 15.5 Å². The summed E-state index contributed by atoms with van der Waals surface area (Å²) in [6, 6.07) is 1.91. The average molecular weight is 396 g/mol. The van der Waals surface area contributed by atoms with Crippen molar-refractivity contribution in [3.8, 4) is 0 Å². The van der Waals surface area contributed by atoms with E-state index in [4.69, 9.17) is 4.52 Å². The van der Waals surface area contributed by atoms with Crippen molar-refractivity contribution in [3.63, 3.8) is 0 Å². The van der Waals surface area contributed by atoms with E-state index in [9.17, 15) is 9.59 Å². The van der Waals surface area contributed by atoms with Crippen molar-refractivity contribution in [3.05, 3.63) is 23.0 Å². The van der Waals surface area contributed by atoms with Crippen LogP contribution in [0.25, 0.3) is 11.1 Å². The van der Waals surface area contributed by atoms with Crippen molar-refractivity contribution in [2.45, 2.75) is 63.2 Å². The van der Waals surface area contributed by atoms with Gasteiger partial charge in [0.2, 0.25) is 5.91 Å². The minimum atomic E-state index is -0.127. The van der Waals surface area contributed by atoms with Crippen molar-refractivity contribution in [1.82, 2.24) is 20.4 Å². The molecule has 2 saturated carbocycles. The molecular weight excluding hydrogens is 368 g/mol. The lowest BCUT2D eigenvalue weighted by molar-refractivity contribution is -0.136. The maximum absolute atomic E-state index is 12.7. The Kier molecular flexibility index (Phi) is 4.76. The molecule has 2 aromatic heterocycles. The molecular formula is C22H28N4O3. The molecule has 3 aliphatic rings. The lowest BCUT2D eigenvalue weighted by Crippen LogP contribution is -2.40. The number of nitrogens with zero attached hydrogens (tertiary/aromatic N) is 3. The number of piperidine rings is 1. The predicted molar refractivity (Wildman–Crippen MR) is 108 cm³/mol. The van der Waals surface area contributed by atoms with Gasteiger partial charge >= 0.3 is 0 Å². The number of likely N-dealkylation sites (tertiary alicyclic amines) is 1. The second kappa shape index (κ2) is 7.43. The number of rotatable bonds is 4. The van der Waals surface area contributed by atoms with Gasteiger partial charge in [0.05, 0.1) is 16.6 Å². The number of fused-ring (bicyclic) bond motifs is 1. The molecule has 7 heteroatoms. The van der Waals surface area contributed by atoms with Crippen molar-refractivity contribution in [1.29, 1.82) is 0 Å². The molecule has 0 atom stereocenters. The molecule has 154 valence electrons. The Morgan fingerprint density at radius 3 is 2.45 bits per heavy atom. The number of nitrogens with one attached hydrogen (secondary N) is 1. The van der Waals surface area contributed by atoms with Gasteiger partial charge in [-0.2, -0.15) is 0 Å². The van der Waals surface area contributed by atoms with E-state index >= 15 is 0 Å². The van der Waals surface area contributed by atoms with Gasteiger partial charge in [0.1, 0.15) is 0 Å². The minimum absolute atomic E-state index is 0.127. The lowest BCUT2D eigenvalue weighted by Gasteiger charge is -2.33. The molecule has 3 fully saturated rings. The van der Waals surface area contributed by atoms with Crippen LogP contribution >= 0.6 is 0 Å². The summed E-state index contributed by atoms with van der Waals surface area (Å²) in [5, 5.41) is 7.83. The first kappa shape index (κ1) is 18.6. The first-order chi connectivity index (χ1) is 14.2. The standard InChI is InChI=1S/C22H28N4O3/c1-23-20(27)16-12-17(13-6-7-13)24-21-18(16)19(25-29-21)14-8-10-26(11-9-14)22(28)15-4-2-3-5-15/h12-15H,2-11H2,1H3,(H,23,27). The van der Waals surface area contributed by atoms with Crippen LogP contribution in [-0.4, -0.2) is 47.0 Å². The topological polar surface area (TPSA) is 88.3 Å². The van der Waals surface area contributed by atoms with Crippen molar-refractivity contribution < 1.29 is 14.1 Å². The monoisotopic (exact) mass is 396 g/mol. The smallest absolute Gasteiger partial charge is 0.259 e. The van der Waals surface area contributed by atoms with Crippen LogP contribution in [0.5, 0.6) is 0 Å². The van der Waals surface area contributed by atoms with Crippen molar-refractivity contribution >= 4 is 22.9 Å². The van der Waals surface area contributed by atoms with Gasteiger partial charge in [-0.3, -0.25) is 9.59 Å². The Hall–Kier alpha value is -2.44. The van der Waals surface area contributed by atoms with Gasteiger partial charge in [-0.1, -0.05) is 18.0 Å². The fourth-order valence-corrected chi connectivity index (χ4v) is 4.98. The van der Waals surface area contributed by atoms with Gasteiger partial charge < -0.3 is 14.7 Å². The predicted octanol–water partition coefficient (Wildman–Crippen LogP) is 3.36. The maximum Gasteiger partial charge on any atom is 0.259 e. The van der Waals surface area contributed by atoms with E-state index in [-0.39, 0.29) is 17.7 Å². The highest BCUT2D eigenvalue weighted by Crippen LogP contribution is 2.42. The number of pyridine rings is 1. The molecule has 0 unspecified atom stereocenters. The summed E-state index contributed by atoms with van der Waals surface area (Å²) in [6.45, 7) is 1.49. The summed E-state index contributed by atoms with van der Waals surface area (Å²) in [7, 11) is 1.64. The van der Waals surface area contributed by atoms with E-state index in [0.717, 1.165) is 68.4 Å². The Bertz CT molecular complexity index is 935. The third kappa shape index (κ3) is 3.40. The zero-order valence-corrected chi connectivity index (χ0v) is 16.9. The molecule has 1 N–H and O–H groups in total. The summed E-state index contributed by atoms with van der Waals surface area (Å²) in [6.07, 6.45) is 8.34. The Labute approximate surface area is 170 Å². The van der Waals surface area contributed by atoms with Gasteiger partial charge in [-0.05, 0) is 44.6 Å². The summed E-state index contributed by atoms with van der Waals surface area (Å²) < 4.78 is 5.59. The van der Waals surface area contributed by atoms with Crippen LogP contribution < -0.4 is 5.32 Å². The summed E-state index contributed by atoms with van der Waals surface area (Å²) in [5.41, 5.74) is 2.82. The molecule has 1 saturated heterocycles. The van der Waals surface area contributed by atoms with Gasteiger partial charge in [0.15, 0.2) is 0 Å². The zero-order chi connectivity index (χ0) is 20.0. The fraction of sp³-hybridized carbons (Fsp3) is 0.636. The van der Waals surface area contributed by atoms with E-state index < -0.39 is 0 Å². The van der Waals surface area contributed by atoms with Gasteiger partial charge in [0, 0.05) is 43.6 Å². The van der Waals surface area contributed by atoms with Crippen LogP contribution in [0, 0.1) is 5.92 Å². The molecule has 5 rings (SSSR count). The zero-order valence-electron chi connectivity index (χ0n) is 16.9. The molecule has 0 bridgehead atoms. The molecule has 7 nitrogen and oxygen atoms in total. The third-order valence-corrected chi connectivity index (χ3v) is 6.86. The first-order valence-electron chi connectivity index (χ1n) is 11.0. The van der Waals surface area contributed by atoms with E-state index in [1.54, 1.807) is 7.05 Å². The highest BCUT2D eigenvalue weighted by Gasteiger charge is 2.34.